The van der Waals surface area contributed by atoms with Crippen LogP contribution in [-0.4, -0.2) is 39.2 Å². The first-order chi connectivity index (χ1) is 5.96. The van der Waals surface area contributed by atoms with Gasteiger partial charge in [-0.1, -0.05) is 0 Å². The highest BCUT2D eigenvalue weighted by Gasteiger charge is 2.47. The van der Waals surface area contributed by atoms with Crippen molar-refractivity contribution in [2.75, 3.05) is 19.9 Å². The van der Waals surface area contributed by atoms with Gasteiger partial charge in [0.1, 0.15) is 0 Å². The summed E-state index contributed by atoms with van der Waals surface area (Å²) in [5.41, 5.74) is 4.95. The van der Waals surface area contributed by atoms with E-state index in [0.29, 0.717) is 6.42 Å². The highest BCUT2D eigenvalue weighted by atomic mass is 32.2. The maximum atomic E-state index is 11.4. The number of methoxy groups -OCH3 is 1. The average molecular weight is 207 g/mol. The van der Waals surface area contributed by atoms with E-state index in [2.05, 4.69) is 0 Å². The van der Waals surface area contributed by atoms with Crippen molar-refractivity contribution < 1.29 is 13.2 Å². The molecule has 0 aromatic carbocycles. The van der Waals surface area contributed by atoms with Crippen LogP contribution in [-0.2, 0) is 14.6 Å². The molecule has 4 nitrogen and oxygen atoms in total. The van der Waals surface area contributed by atoms with Gasteiger partial charge in [-0.25, -0.2) is 8.42 Å². The molecule has 1 fully saturated rings. The van der Waals surface area contributed by atoms with Crippen molar-refractivity contribution >= 4 is 9.84 Å². The fraction of sp³-hybridized carbons (Fsp3) is 1.00. The average Bonchev–Trinajstić information content (AvgIpc) is 2.47. The summed E-state index contributed by atoms with van der Waals surface area (Å²) in [5, 5.41) is -0.421. The van der Waals surface area contributed by atoms with Crippen LogP contribution in [0.25, 0.3) is 0 Å². The number of rotatable bonds is 3. The van der Waals surface area contributed by atoms with Gasteiger partial charge in [-0.3, -0.25) is 0 Å². The van der Waals surface area contributed by atoms with Crippen LogP contribution >= 0.6 is 0 Å². The Labute approximate surface area is 79.4 Å². The van der Waals surface area contributed by atoms with Crippen molar-refractivity contribution in [3.63, 3.8) is 0 Å². The summed E-state index contributed by atoms with van der Waals surface area (Å²) in [5.74, 6) is 0. The molecule has 2 unspecified atom stereocenters. The van der Waals surface area contributed by atoms with Crippen LogP contribution in [0, 0.1) is 0 Å². The Morgan fingerprint density at radius 2 is 2.23 bits per heavy atom. The Hall–Kier alpha value is -0.130. The fourth-order valence-corrected chi connectivity index (χ4v) is 3.85. The van der Waals surface area contributed by atoms with Gasteiger partial charge >= 0.3 is 0 Å². The molecule has 0 heterocycles. The topological polar surface area (TPSA) is 69.4 Å². The first-order valence-corrected chi connectivity index (χ1v) is 6.36. The lowest BCUT2D eigenvalue weighted by Crippen LogP contribution is -2.49. The van der Waals surface area contributed by atoms with E-state index in [1.807, 2.05) is 0 Å². The molecule has 1 rings (SSSR count). The zero-order chi connectivity index (χ0) is 10.1. The molecule has 2 atom stereocenters. The summed E-state index contributed by atoms with van der Waals surface area (Å²) >= 11 is 0. The van der Waals surface area contributed by atoms with E-state index in [9.17, 15) is 8.42 Å². The van der Waals surface area contributed by atoms with E-state index in [-0.39, 0.29) is 6.54 Å². The van der Waals surface area contributed by atoms with Gasteiger partial charge in [-0.15, -0.1) is 0 Å². The Bertz CT molecular complexity index is 269. The molecule has 0 saturated heterocycles. The van der Waals surface area contributed by atoms with E-state index in [4.69, 9.17) is 10.5 Å². The van der Waals surface area contributed by atoms with E-state index < -0.39 is 20.7 Å². The summed E-state index contributed by atoms with van der Waals surface area (Å²) in [6.45, 7) is 0.279. The number of ether oxygens (including phenoxy) is 1. The quantitative estimate of drug-likeness (QED) is 0.703. The zero-order valence-electron chi connectivity index (χ0n) is 8.12. The summed E-state index contributed by atoms with van der Waals surface area (Å²) in [7, 11) is -1.50. The van der Waals surface area contributed by atoms with Gasteiger partial charge in [-0.2, -0.15) is 0 Å². The molecule has 0 bridgehead atoms. The third-order valence-electron chi connectivity index (χ3n) is 2.92. The number of hydrogen-bond acceptors (Lipinski definition) is 4. The van der Waals surface area contributed by atoms with Crippen LogP contribution in [0.5, 0.6) is 0 Å². The second kappa shape index (κ2) is 3.55. The van der Waals surface area contributed by atoms with Gasteiger partial charge in [0, 0.05) is 19.9 Å². The third-order valence-corrected chi connectivity index (χ3v) is 4.62. The van der Waals surface area contributed by atoms with Crippen molar-refractivity contribution in [1.29, 1.82) is 0 Å². The van der Waals surface area contributed by atoms with Crippen molar-refractivity contribution in [3.8, 4) is 0 Å². The molecule has 0 aromatic rings. The van der Waals surface area contributed by atoms with Crippen LogP contribution in [0.1, 0.15) is 19.3 Å². The summed E-state index contributed by atoms with van der Waals surface area (Å²) < 4.78 is 28.1. The van der Waals surface area contributed by atoms with E-state index >= 15 is 0 Å². The Balaban J connectivity index is 2.98. The molecule has 0 aliphatic heterocycles. The maximum Gasteiger partial charge on any atom is 0.153 e. The predicted octanol–water partition coefficient (Wildman–Crippen LogP) is -0.0726. The van der Waals surface area contributed by atoms with Crippen LogP contribution in [0.2, 0.25) is 0 Å². The first-order valence-electron chi connectivity index (χ1n) is 4.40. The number of hydrogen-bond donors (Lipinski definition) is 1. The fourth-order valence-electron chi connectivity index (χ4n) is 2.17. The monoisotopic (exact) mass is 207 g/mol. The van der Waals surface area contributed by atoms with E-state index in [1.54, 1.807) is 0 Å². The highest BCUT2D eigenvalue weighted by Crippen LogP contribution is 2.36. The molecule has 1 aliphatic rings. The van der Waals surface area contributed by atoms with Gasteiger partial charge in [-0.05, 0) is 19.3 Å². The standard InChI is InChI=1S/C8H17NO3S/c1-12-8(6-9)5-3-4-7(8)13(2,10)11/h7H,3-6,9H2,1-2H3. The lowest BCUT2D eigenvalue weighted by Gasteiger charge is -2.31. The van der Waals surface area contributed by atoms with Crippen LogP contribution in [0.4, 0.5) is 0 Å². The lowest BCUT2D eigenvalue weighted by atomic mass is 10.0. The second-order valence-electron chi connectivity index (χ2n) is 3.68. The smallest absolute Gasteiger partial charge is 0.153 e. The van der Waals surface area contributed by atoms with Gasteiger partial charge < -0.3 is 10.5 Å². The summed E-state index contributed by atoms with van der Waals surface area (Å²) in [6.07, 6.45) is 3.55. The van der Waals surface area contributed by atoms with Gasteiger partial charge in [0.25, 0.3) is 0 Å². The first kappa shape index (κ1) is 10.9. The molecule has 1 aliphatic carbocycles. The number of nitrogens with two attached hydrogens (primary N) is 1. The van der Waals surface area contributed by atoms with Crippen molar-refractivity contribution in [2.24, 2.45) is 5.73 Å². The Morgan fingerprint density at radius 1 is 1.62 bits per heavy atom. The molecular formula is C8H17NO3S. The molecule has 78 valence electrons. The molecule has 13 heavy (non-hydrogen) atoms. The molecule has 0 spiro atoms. The largest absolute Gasteiger partial charge is 0.376 e. The molecular weight excluding hydrogens is 190 g/mol. The van der Waals surface area contributed by atoms with Crippen LogP contribution in [0.15, 0.2) is 0 Å². The summed E-state index contributed by atoms with van der Waals surface area (Å²) in [4.78, 5) is 0. The highest BCUT2D eigenvalue weighted by molar-refractivity contribution is 7.91. The molecule has 5 heteroatoms. The maximum absolute atomic E-state index is 11.4. The summed E-state index contributed by atoms with van der Waals surface area (Å²) in [6, 6.07) is 0. The van der Waals surface area contributed by atoms with Gasteiger partial charge in [0.05, 0.1) is 10.9 Å². The van der Waals surface area contributed by atoms with Crippen LogP contribution < -0.4 is 5.73 Å². The van der Waals surface area contributed by atoms with Crippen molar-refractivity contribution in [2.45, 2.75) is 30.1 Å². The SMILES string of the molecule is COC1(CN)CCCC1S(C)(=O)=O. The zero-order valence-corrected chi connectivity index (χ0v) is 8.93. The number of sulfone groups is 1. The van der Waals surface area contributed by atoms with E-state index in [1.165, 1.54) is 13.4 Å². The van der Waals surface area contributed by atoms with E-state index in [0.717, 1.165) is 12.8 Å². The van der Waals surface area contributed by atoms with Gasteiger partial charge in [0.2, 0.25) is 0 Å². The second-order valence-corrected chi connectivity index (χ2v) is 5.91. The lowest BCUT2D eigenvalue weighted by molar-refractivity contribution is 0.00661. The Morgan fingerprint density at radius 3 is 2.54 bits per heavy atom. The predicted molar refractivity (Wildman–Crippen MR) is 51.3 cm³/mol. The van der Waals surface area contributed by atoms with Crippen molar-refractivity contribution in [1.82, 2.24) is 0 Å². The molecule has 2 N–H and O–H groups in total. The minimum Gasteiger partial charge on any atom is -0.376 e. The van der Waals surface area contributed by atoms with Crippen LogP contribution in [0.3, 0.4) is 0 Å². The molecule has 0 amide bonds. The minimum atomic E-state index is -3.04. The normalized spacial score (nSPS) is 35.2. The van der Waals surface area contributed by atoms with Crippen molar-refractivity contribution in [3.05, 3.63) is 0 Å². The van der Waals surface area contributed by atoms with Gasteiger partial charge in [0.15, 0.2) is 9.84 Å². The minimum absolute atomic E-state index is 0.279. The molecule has 0 aromatic heterocycles. The molecule has 0 radical (unpaired) electrons. The molecule has 1 saturated carbocycles. The third kappa shape index (κ3) is 1.87. The Kier molecular flexibility index (Phi) is 2.99.